The minimum Gasteiger partial charge on any atom is -0.396 e. The molecular weight excluding hydrogens is 150 g/mol. The van der Waals surface area contributed by atoms with Crippen molar-refractivity contribution in [3.8, 4) is 0 Å². The molecule has 0 radical (unpaired) electrons. The third-order valence-corrected chi connectivity index (χ3v) is 1.44. The first-order valence-electron chi connectivity index (χ1n) is 3.54. The third-order valence-electron chi connectivity index (χ3n) is 1.44. The molecule has 0 amide bonds. The fourth-order valence-electron chi connectivity index (χ4n) is 0.831. The molecule has 0 heterocycles. The standard InChI is InChI=1S/C6H13NO4/c8-3-1-2-6(5-9)4-7(10)11/h6,8-9H,1-5H2. The van der Waals surface area contributed by atoms with Crippen molar-refractivity contribution >= 4 is 0 Å². The van der Waals surface area contributed by atoms with Crippen LogP contribution in [0.15, 0.2) is 0 Å². The van der Waals surface area contributed by atoms with Crippen molar-refractivity contribution < 1.29 is 15.1 Å². The highest BCUT2D eigenvalue weighted by atomic mass is 16.6. The Kier molecular flexibility index (Phi) is 5.68. The van der Waals surface area contributed by atoms with E-state index in [9.17, 15) is 10.1 Å². The summed E-state index contributed by atoms with van der Waals surface area (Å²) in [6, 6.07) is 0. The van der Waals surface area contributed by atoms with Crippen LogP contribution < -0.4 is 0 Å². The van der Waals surface area contributed by atoms with Crippen molar-refractivity contribution in [2.45, 2.75) is 12.8 Å². The molecule has 0 aromatic carbocycles. The number of hydrogen-bond donors (Lipinski definition) is 2. The van der Waals surface area contributed by atoms with E-state index in [4.69, 9.17) is 10.2 Å². The Balaban J connectivity index is 3.49. The molecular formula is C6H13NO4. The lowest BCUT2D eigenvalue weighted by molar-refractivity contribution is -0.489. The van der Waals surface area contributed by atoms with Gasteiger partial charge in [0.1, 0.15) is 0 Å². The first-order valence-corrected chi connectivity index (χ1v) is 3.54. The summed E-state index contributed by atoms with van der Waals surface area (Å²) in [6.07, 6.45) is 1.02. The zero-order chi connectivity index (χ0) is 8.69. The second kappa shape index (κ2) is 6.06. The Hall–Kier alpha value is -0.680. The number of nitro groups is 1. The van der Waals surface area contributed by atoms with Crippen LogP contribution in [0.2, 0.25) is 0 Å². The van der Waals surface area contributed by atoms with E-state index in [1.54, 1.807) is 0 Å². The minimum atomic E-state index is -0.446. The Morgan fingerprint density at radius 2 is 2.09 bits per heavy atom. The molecule has 0 spiro atoms. The molecule has 0 fully saturated rings. The number of nitrogens with zero attached hydrogens (tertiary/aromatic N) is 1. The van der Waals surface area contributed by atoms with Gasteiger partial charge in [0.25, 0.3) is 0 Å². The van der Waals surface area contributed by atoms with Crippen LogP contribution in [0.5, 0.6) is 0 Å². The molecule has 0 aliphatic heterocycles. The third kappa shape index (κ3) is 5.75. The lowest BCUT2D eigenvalue weighted by Gasteiger charge is -2.06. The zero-order valence-corrected chi connectivity index (χ0v) is 6.27. The lowest BCUT2D eigenvalue weighted by atomic mass is 10.1. The van der Waals surface area contributed by atoms with E-state index < -0.39 is 4.92 Å². The van der Waals surface area contributed by atoms with Crippen molar-refractivity contribution in [2.24, 2.45) is 5.92 Å². The van der Waals surface area contributed by atoms with Gasteiger partial charge in [-0.25, -0.2) is 0 Å². The maximum absolute atomic E-state index is 9.96. The van der Waals surface area contributed by atoms with E-state index in [1.807, 2.05) is 0 Å². The maximum atomic E-state index is 9.96. The number of rotatable bonds is 6. The van der Waals surface area contributed by atoms with E-state index in [1.165, 1.54) is 0 Å². The summed E-state index contributed by atoms with van der Waals surface area (Å²) >= 11 is 0. The largest absolute Gasteiger partial charge is 0.396 e. The van der Waals surface area contributed by atoms with Gasteiger partial charge < -0.3 is 10.2 Å². The molecule has 1 unspecified atom stereocenters. The van der Waals surface area contributed by atoms with Crippen molar-refractivity contribution in [3.63, 3.8) is 0 Å². The van der Waals surface area contributed by atoms with Gasteiger partial charge in [0.05, 0.1) is 6.61 Å². The predicted octanol–water partition coefficient (Wildman–Crippen LogP) is -0.356. The minimum absolute atomic E-state index is 0.0220. The van der Waals surface area contributed by atoms with Crippen molar-refractivity contribution in [1.29, 1.82) is 0 Å². The summed E-state index contributed by atoms with van der Waals surface area (Å²) in [5.74, 6) is -0.308. The molecule has 0 aliphatic rings. The molecule has 5 nitrogen and oxygen atoms in total. The molecule has 0 saturated carbocycles. The topological polar surface area (TPSA) is 83.6 Å². The van der Waals surface area contributed by atoms with E-state index in [-0.39, 0.29) is 25.7 Å². The number of aliphatic hydroxyl groups is 2. The van der Waals surface area contributed by atoms with E-state index >= 15 is 0 Å². The van der Waals surface area contributed by atoms with Crippen LogP contribution in [0.1, 0.15) is 12.8 Å². The van der Waals surface area contributed by atoms with Crippen LogP contribution in [-0.4, -0.2) is 34.9 Å². The average Bonchev–Trinajstić information content (AvgIpc) is 1.97. The Labute approximate surface area is 64.8 Å². The van der Waals surface area contributed by atoms with Gasteiger partial charge in [-0.2, -0.15) is 0 Å². The fourth-order valence-corrected chi connectivity index (χ4v) is 0.831. The molecule has 0 aliphatic carbocycles. The smallest absolute Gasteiger partial charge is 0.208 e. The zero-order valence-electron chi connectivity index (χ0n) is 6.27. The van der Waals surface area contributed by atoms with Crippen LogP contribution in [0.3, 0.4) is 0 Å². The molecule has 2 N–H and O–H groups in total. The SMILES string of the molecule is O=[N+]([O-])CC(CO)CCCO. The van der Waals surface area contributed by atoms with E-state index in [2.05, 4.69) is 0 Å². The van der Waals surface area contributed by atoms with Crippen LogP contribution in [0.25, 0.3) is 0 Å². The first kappa shape index (κ1) is 10.3. The Morgan fingerprint density at radius 1 is 1.45 bits per heavy atom. The van der Waals surface area contributed by atoms with E-state index in [0.29, 0.717) is 12.8 Å². The summed E-state index contributed by atoms with van der Waals surface area (Å²) < 4.78 is 0. The summed E-state index contributed by atoms with van der Waals surface area (Å²) in [5.41, 5.74) is 0. The molecule has 0 saturated heterocycles. The van der Waals surface area contributed by atoms with Gasteiger partial charge in [0.15, 0.2) is 0 Å². The molecule has 1 atom stereocenters. The quantitative estimate of drug-likeness (QED) is 0.414. The van der Waals surface area contributed by atoms with Gasteiger partial charge in [-0.05, 0) is 12.8 Å². The molecule has 0 aromatic heterocycles. The molecule has 66 valence electrons. The monoisotopic (exact) mass is 163 g/mol. The summed E-state index contributed by atoms with van der Waals surface area (Å²) in [6.45, 7) is -0.369. The number of hydrogen-bond acceptors (Lipinski definition) is 4. The Morgan fingerprint density at radius 3 is 2.45 bits per heavy atom. The second-order valence-corrected chi connectivity index (χ2v) is 2.43. The molecule has 5 heteroatoms. The van der Waals surface area contributed by atoms with Crippen molar-refractivity contribution in [2.75, 3.05) is 19.8 Å². The highest BCUT2D eigenvalue weighted by molar-refractivity contribution is 4.55. The summed E-state index contributed by atoms with van der Waals surface area (Å²) in [4.78, 5) is 9.52. The van der Waals surface area contributed by atoms with Gasteiger partial charge in [0, 0.05) is 17.4 Å². The maximum Gasteiger partial charge on any atom is 0.208 e. The van der Waals surface area contributed by atoms with Gasteiger partial charge >= 0.3 is 0 Å². The molecule has 0 aromatic rings. The first-order chi connectivity index (χ1) is 5.20. The van der Waals surface area contributed by atoms with Gasteiger partial charge in [-0.15, -0.1) is 0 Å². The van der Waals surface area contributed by atoms with Gasteiger partial charge in [-0.1, -0.05) is 0 Å². The van der Waals surface area contributed by atoms with E-state index in [0.717, 1.165) is 0 Å². The molecule has 0 rings (SSSR count). The second-order valence-electron chi connectivity index (χ2n) is 2.43. The number of aliphatic hydroxyl groups excluding tert-OH is 2. The fraction of sp³-hybridized carbons (Fsp3) is 1.00. The molecule has 11 heavy (non-hydrogen) atoms. The van der Waals surface area contributed by atoms with Crippen molar-refractivity contribution in [1.82, 2.24) is 0 Å². The van der Waals surface area contributed by atoms with Crippen LogP contribution in [-0.2, 0) is 0 Å². The lowest BCUT2D eigenvalue weighted by Crippen LogP contribution is -2.18. The highest BCUT2D eigenvalue weighted by Crippen LogP contribution is 2.04. The van der Waals surface area contributed by atoms with Gasteiger partial charge in [-0.3, -0.25) is 10.1 Å². The van der Waals surface area contributed by atoms with Crippen LogP contribution in [0.4, 0.5) is 0 Å². The Bertz CT molecular complexity index is 117. The van der Waals surface area contributed by atoms with Crippen LogP contribution in [0, 0.1) is 16.0 Å². The van der Waals surface area contributed by atoms with Crippen molar-refractivity contribution in [3.05, 3.63) is 10.1 Å². The predicted molar refractivity (Wildman–Crippen MR) is 38.8 cm³/mol. The van der Waals surface area contributed by atoms with Crippen LogP contribution >= 0.6 is 0 Å². The molecule has 0 bridgehead atoms. The van der Waals surface area contributed by atoms with Gasteiger partial charge in [0.2, 0.25) is 6.54 Å². The summed E-state index contributed by atoms with van der Waals surface area (Å²) in [7, 11) is 0. The highest BCUT2D eigenvalue weighted by Gasteiger charge is 2.12. The normalized spacial score (nSPS) is 12.9. The average molecular weight is 163 g/mol. The summed E-state index contributed by atoms with van der Waals surface area (Å²) in [5, 5.41) is 27.0.